The maximum Gasteiger partial charge on any atom is 0.162 e. The molecule has 0 unspecified atom stereocenters. The summed E-state index contributed by atoms with van der Waals surface area (Å²) in [7, 11) is 0. The van der Waals surface area contributed by atoms with Crippen molar-refractivity contribution in [2.45, 2.75) is 52.1 Å². The van der Waals surface area contributed by atoms with Crippen molar-refractivity contribution in [2.75, 3.05) is 0 Å². The Morgan fingerprint density at radius 3 is 2.71 bits per heavy atom. The van der Waals surface area contributed by atoms with Crippen LogP contribution in [0.15, 0.2) is 23.3 Å². The van der Waals surface area contributed by atoms with Crippen molar-refractivity contribution in [1.82, 2.24) is 0 Å². The molecule has 0 aromatic rings. The SMILES string of the molecule is C=C(C)[C@@H]1CC[C@@H](C)C2=C(C1)[C@](C)(O)CC2=O. The zero-order valence-electron chi connectivity index (χ0n) is 11.0. The van der Waals surface area contributed by atoms with E-state index in [0.717, 1.165) is 30.4 Å². The number of allylic oxidation sites excluding steroid dienone is 2. The van der Waals surface area contributed by atoms with Gasteiger partial charge in [0, 0.05) is 12.0 Å². The van der Waals surface area contributed by atoms with Gasteiger partial charge in [0.15, 0.2) is 5.78 Å². The van der Waals surface area contributed by atoms with Crippen LogP contribution in [0.1, 0.15) is 46.5 Å². The fraction of sp³-hybridized carbons (Fsp3) is 0.667. The number of carbonyl (C=O) groups is 1. The van der Waals surface area contributed by atoms with E-state index in [1.54, 1.807) is 6.92 Å². The minimum Gasteiger partial charge on any atom is -0.385 e. The third-order valence-corrected chi connectivity index (χ3v) is 4.37. The van der Waals surface area contributed by atoms with Crippen molar-refractivity contribution in [3.05, 3.63) is 23.3 Å². The van der Waals surface area contributed by atoms with E-state index in [1.807, 2.05) is 6.92 Å². The Bertz CT molecular complexity index is 401. The standard InChI is InChI=1S/C15H22O2/c1-9(2)11-6-5-10(3)14-12(7-11)15(4,17)8-13(14)16/h10-11,17H,1,5-8H2,2-4H3/t10-,11-,15-/m1/s1. The van der Waals surface area contributed by atoms with Gasteiger partial charge in [0.25, 0.3) is 0 Å². The summed E-state index contributed by atoms with van der Waals surface area (Å²) >= 11 is 0. The van der Waals surface area contributed by atoms with Crippen LogP contribution in [-0.4, -0.2) is 16.5 Å². The lowest BCUT2D eigenvalue weighted by atomic mass is 9.85. The summed E-state index contributed by atoms with van der Waals surface area (Å²) in [5, 5.41) is 10.4. The molecular formula is C15H22O2. The summed E-state index contributed by atoms with van der Waals surface area (Å²) in [6.45, 7) is 9.97. The fourth-order valence-corrected chi connectivity index (χ4v) is 3.24. The van der Waals surface area contributed by atoms with E-state index in [4.69, 9.17) is 0 Å². The van der Waals surface area contributed by atoms with E-state index in [1.165, 1.54) is 5.57 Å². The molecule has 17 heavy (non-hydrogen) atoms. The first kappa shape index (κ1) is 12.6. The summed E-state index contributed by atoms with van der Waals surface area (Å²) in [6.07, 6.45) is 3.18. The lowest BCUT2D eigenvalue weighted by Gasteiger charge is -2.24. The van der Waals surface area contributed by atoms with E-state index in [2.05, 4.69) is 13.5 Å². The highest BCUT2D eigenvalue weighted by atomic mass is 16.3. The van der Waals surface area contributed by atoms with Gasteiger partial charge in [-0.25, -0.2) is 0 Å². The van der Waals surface area contributed by atoms with Gasteiger partial charge in [-0.2, -0.15) is 0 Å². The van der Waals surface area contributed by atoms with Crippen molar-refractivity contribution >= 4 is 5.78 Å². The van der Waals surface area contributed by atoms with Gasteiger partial charge in [-0.15, -0.1) is 0 Å². The van der Waals surface area contributed by atoms with E-state index in [-0.39, 0.29) is 18.1 Å². The summed E-state index contributed by atoms with van der Waals surface area (Å²) in [4.78, 5) is 12.0. The zero-order chi connectivity index (χ0) is 12.8. The van der Waals surface area contributed by atoms with Crippen molar-refractivity contribution in [3.8, 4) is 0 Å². The maximum absolute atomic E-state index is 12.0. The van der Waals surface area contributed by atoms with E-state index < -0.39 is 5.60 Å². The van der Waals surface area contributed by atoms with Crippen LogP contribution >= 0.6 is 0 Å². The summed E-state index contributed by atoms with van der Waals surface area (Å²) in [5.41, 5.74) is 2.15. The van der Waals surface area contributed by atoms with Gasteiger partial charge in [0.1, 0.15) is 0 Å². The Balaban J connectivity index is 2.41. The van der Waals surface area contributed by atoms with Crippen molar-refractivity contribution in [1.29, 1.82) is 0 Å². The highest BCUT2D eigenvalue weighted by Gasteiger charge is 2.43. The maximum atomic E-state index is 12.0. The topological polar surface area (TPSA) is 37.3 Å². The number of carbonyl (C=O) groups excluding carboxylic acids is 1. The van der Waals surface area contributed by atoms with Crippen LogP contribution in [-0.2, 0) is 4.79 Å². The monoisotopic (exact) mass is 234 g/mol. The minimum atomic E-state index is -0.918. The first-order valence-electron chi connectivity index (χ1n) is 6.47. The Kier molecular flexibility index (Phi) is 3.03. The van der Waals surface area contributed by atoms with E-state index in [0.29, 0.717) is 5.92 Å². The molecule has 2 nitrogen and oxygen atoms in total. The second-order valence-corrected chi connectivity index (χ2v) is 5.99. The molecule has 94 valence electrons. The lowest BCUT2D eigenvalue weighted by Crippen LogP contribution is -2.25. The van der Waals surface area contributed by atoms with Crippen LogP contribution in [0.4, 0.5) is 0 Å². The second kappa shape index (κ2) is 4.09. The lowest BCUT2D eigenvalue weighted by molar-refractivity contribution is -0.117. The molecule has 0 aromatic heterocycles. The molecule has 0 heterocycles. The first-order valence-corrected chi connectivity index (χ1v) is 6.47. The Morgan fingerprint density at radius 1 is 1.47 bits per heavy atom. The zero-order valence-corrected chi connectivity index (χ0v) is 11.0. The molecule has 0 radical (unpaired) electrons. The molecule has 2 aliphatic carbocycles. The minimum absolute atomic E-state index is 0.153. The van der Waals surface area contributed by atoms with Crippen molar-refractivity contribution < 1.29 is 9.90 Å². The van der Waals surface area contributed by atoms with Gasteiger partial charge in [-0.1, -0.05) is 19.1 Å². The number of ketones is 1. The summed E-state index contributed by atoms with van der Waals surface area (Å²) in [5.74, 6) is 0.859. The molecule has 0 bridgehead atoms. The van der Waals surface area contributed by atoms with Gasteiger partial charge in [0.2, 0.25) is 0 Å². The van der Waals surface area contributed by atoms with Crippen molar-refractivity contribution in [3.63, 3.8) is 0 Å². The molecule has 0 fully saturated rings. The van der Waals surface area contributed by atoms with Crippen molar-refractivity contribution in [2.24, 2.45) is 11.8 Å². The van der Waals surface area contributed by atoms with E-state index >= 15 is 0 Å². The molecule has 2 rings (SSSR count). The molecular weight excluding hydrogens is 212 g/mol. The molecule has 3 atom stereocenters. The van der Waals surface area contributed by atoms with Crippen LogP contribution in [0.25, 0.3) is 0 Å². The van der Waals surface area contributed by atoms with Gasteiger partial charge >= 0.3 is 0 Å². The first-order chi connectivity index (χ1) is 7.83. The predicted molar refractivity (Wildman–Crippen MR) is 68.6 cm³/mol. The number of hydrogen-bond acceptors (Lipinski definition) is 2. The molecule has 0 saturated carbocycles. The molecule has 2 aliphatic rings. The van der Waals surface area contributed by atoms with Gasteiger partial charge in [-0.05, 0) is 50.5 Å². The van der Waals surface area contributed by atoms with Crippen LogP contribution < -0.4 is 0 Å². The average molecular weight is 234 g/mol. The summed E-state index contributed by atoms with van der Waals surface area (Å²) < 4.78 is 0. The van der Waals surface area contributed by atoms with Crippen LogP contribution in [0.3, 0.4) is 0 Å². The smallest absolute Gasteiger partial charge is 0.162 e. The second-order valence-electron chi connectivity index (χ2n) is 5.99. The molecule has 0 saturated heterocycles. The number of aliphatic hydroxyl groups is 1. The highest BCUT2D eigenvalue weighted by molar-refractivity contribution is 6.01. The van der Waals surface area contributed by atoms with Gasteiger partial charge in [-0.3, -0.25) is 4.79 Å². The molecule has 1 N–H and O–H groups in total. The Morgan fingerprint density at radius 2 is 2.12 bits per heavy atom. The van der Waals surface area contributed by atoms with Gasteiger partial charge in [0.05, 0.1) is 5.60 Å². The Labute approximate surface area is 103 Å². The summed E-state index contributed by atoms with van der Waals surface area (Å²) in [6, 6.07) is 0. The van der Waals surface area contributed by atoms with Gasteiger partial charge < -0.3 is 5.11 Å². The van der Waals surface area contributed by atoms with Crippen LogP contribution in [0.5, 0.6) is 0 Å². The third-order valence-electron chi connectivity index (χ3n) is 4.37. The molecule has 0 amide bonds. The Hall–Kier alpha value is -0.890. The molecule has 2 heteroatoms. The van der Waals surface area contributed by atoms with E-state index in [9.17, 15) is 9.90 Å². The van der Waals surface area contributed by atoms with Crippen LogP contribution in [0, 0.1) is 11.8 Å². The predicted octanol–water partition coefficient (Wildman–Crippen LogP) is 3.02. The molecule has 0 spiro atoms. The molecule has 0 aliphatic heterocycles. The quantitative estimate of drug-likeness (QED) is 0.708. The highest BCUT2D eigenvalue weighted by Crippen LogP contribution is 2.45. The normalized spacial score (nSPS) is 38.0. The van der Waals surface area contributed by atoms with Crippen LogP contribution in [0.2, 0.25) is 0 Å². The average Bonchev–Trinajstić information content (AvgIpc) is 2.34. The fourth-order valence-electron chi connectivity index (χ4n) is 3.24. The molecule has 0 aromatic carbocycles. The number of hydrogen-bond donors (Lipinski definition) is 1. The number of rotatable bonds is 1. The number of Topliss-reactive ketones (excluding diaryl/α,β-unsaturated/α-hetero) is 1. The largest absolute Gasteiger partial charge is 0.385 e. The third kappa shape index (κ3) is 2.11.